The molecule has 0 bridgehead atoms. The van der Waals surface area contributed by atoms with Crippen molar-refractivity contribution in [2.45, 2.75) is 184 Å². The minimum Gasteiger partial charge on any atom is -0.394 e. The molecule has 6 heterocycles. The molecule has 0 radical (unpaired) electrons. The molecule has 31 nitrogen and oxygen atoms in total. The van der Waals surface area contributed by atoms with Crippen LogP contribution in [0, 0.1) is 0 Å². The van der Waals surface area contributed by atoms with Crippen LogP contribution in [0.4, 0.5) is 0 Å². The van der Waals surface area contributed by atoms with Gasteiger partial charge in [-0.05, 0) is 0 Å². The number of hydrogen-bond acceptors (Lipinski definition) is 31. The molecule has 6 saturated heterocycles. The Morgan fingerprint density at radius 1 is 0.279 bits per heavy atom. The molecule has 0 aromatic carbocycles. The Balaban J connectivity index is 1.23. The van der Waals surface area contributed by atoms with Gasteiger partial charge in [-0.1, -0.05) is 0 Å². The third-order valence-corrected chi connectivity index (χ3v) is 12.6. The molecule has 6 fully saturated rings. The van der Waals surface area contributed by atoms with E-state index >= 15 is 0 Å². The second kappa shape index (κ2) is 24.2. The number of aliphatic hydroxyl groups is 19. The van der Waals surface area contributed by atoms with E-state index in [-0.39, 0.29) is 0 Å². The SMILES string of the molecule is CO[C@H]1O[C@H](CO[C@H]2O[C@H](CO[C@H]3O[C@H](CO[C@H]4O[C@H](CO)[C@@H](O)[C@H](O)[C@@H]4O)[C@@H](O)[C@H](O)[C@@H]3O[C@H]3O[C@H](CO)[C@@H](O)[C@H](O)[C@@H]3O)[C@@H](O)[C@H](O)[C@@H]2O[C@H]2O[C@H](CO)[C@@H](O)[C@H](O)[C@@H]2O)[C@@H](O)[C@H](O)[C@@H]1O. The van der Waals surface area contributed by atoms with Gasteiger partial charge < -0.3 is 154 Å². The predicted molar refractivity (Wildman–Crippen MR) is 204 cm³/mol. The van der Waals surface area contributed by atoms with Gasteiger partial charge in [-0.2, -0.15) is 0 Å². The van der Waals surface area contributed by atoms with Crippen molar-refractivity contribution >= 4 is 0 Å². The summed E-state index contributed by atoms with van der Waals surface area (Å²) < 4.78 is 67.0. The van der Waals surface area contributed by atoms with E-state index in [1.165, 1.54) is 0 Å². The van der Waals surface area contributed by atoms with E-state index in [0.717, 1.165) is 7.11 Å². The zero-order chi connectivity index (χ0) is 50.0. The highest BCUT2D eigenvalue weighted by molar-refractivity contribution is 4.98. The van der Waals surface area contributed by atoms with Crippen LogP contribution >= 0.6 is 0 Å². The molecule has 0 amide bonds. The lowest BCUT2D eigenvalue weighted by atomic mass is 9.96. The van der Waals surface area contributed by atoms with Gasteiger partial charge >= 0.3 is 0 Å². The van der Waals surface area contributed by atoms with Crippen molar-refractivity contribution in [2.24, 2.45) is 0 Å². The van der Waals surface area contributed by atoms with Gasteiger partial charge in [0, 0.05) is 7.11 Å². The van der Waals surface area contributed by atoms with Crippen LogP contribution in [0.25, 0.3) is 0 Å². The van der Waals surface area contributed by atoms with Gasteiger partial charge in [-0.3, -0.25) is 0 Å². The van der Waals surface area contributed by atoms with Gasteiger partial charge in [-0.25, -0.2) is 0 Å². The number of hydrogen-bond donors (Lipinski definition) is 19. The van der Waals surface area contributed by atoms with Crippen molar-refractivity contribution in [1.29, 1.82) is 0 Å². The quantitative estimate of drug-likeness (QED) is 0.0643. The van der Waals surface area contributed by atoms with Crippen LogP contribution in [0.5, 0.6) is 0 Å². The second-order valence-electron chi connectivity index (χ2n) is 17.1. The first-order valence-electron chi connectivity index (χ1n) is 21.5. The standard InChI is InChI=1S/C37H64O31/c1-57-32-26(53)23(50)17(44)11(64-32)6-59-36-31(68-35-29(56)22(49)16(43)10(4-40)63-35)25(52)19(46)13(66-36)7-60-37-30(67-34-28(55)21(48)15(42)9(3-39)62-34)24(51)18(45)12(65-37)5-58-33-27(54)20(47)14(41)8(2-38)61-33/h8-56H,2-7H2,1H3/t8-,9-,10-,11-,12-,13-,14-,15-,16-,17-,18-,19-,20+,21+,22+,23+,24+,25+,26+,27+,28+,29+,30+,31+,32+,33+,34-,35-,36+,37+/m1/s1. The van der Waals surface area contributed by atoms with E-state index in [0.29, 0.717) is 0 Å². The molecule has 6 aliphatic rings. The molecule has 0 unspecified atom stereocenters. The van der Waals surface area contributed by atoms with Crippen LogP contribution in [0.1, 0.15) is 0 Å². The highest BCUT2D eigenvalue weighted by atomic mass is 16.8. The van der Waals surface area contributed by atoms with Crippen LogP contribution in [-0.2, 0) is 56.8 Å². The molecular weight excluding hydrogens is 940 g/mol. The summed E-state index contributed by atoms with van der Waals surface area (Å²) >= 11 is 0. The van der Waals surface area contributed by atoms with E-state index in [4.69, 9.17) is 56.8 Å². The number of ether oxygens (including phenoxy) is 12. The van der Waals surface area contributed by atoms with Gasteiger partial charge in [0.15, 0.2) is 37.7 Å². The van der Waals surface area contributed by atoms with Gasteiger partial charge in [0.1, 0.15) is 146 Å². The molecule has 0 aromatic rings. The fourth-order valence-electron chi connectivity index (χ4n) is 8.34. The summed E-state index contributed by atoms with van der Waals surface area (Å²) in [6.45, 7) is -5.12. The Labute approximate surface area is 384 Å². The van der Waals surface area contributed by atoms with Crippen molar-refractivity contribution in [2.75, 3.05) is 46.8 Å². The van der Waals surface area contributed by atoms with Gasteiger partial charge in [0.05, 0.1) is 39.6 Å². The third-order valence-electron chi connectivity index (χ3n) is 12.6. The summed E-state index contributed by atoms with van der Waals surface area (Å²) in [5.74, 6) is 0. The molecule has 0 aliphatic carbocycles. The molecular formula is C37H64O31. The molecule has 68 heavy (non-hydrogen) atoms. The lowest BCUT2D eigenvalue weighted by Crippen LogP contribution is -2.66. The van der Waals surface area contributed by atoms with E-state index in [1.807, 2.05) is 0 Å². The summed E-state index contributed by atoms with van der Waals surface area (Å²) in [6.07, 6.45) is -55.6. The van der Waals surface area contributed by atoms with Crippen LogP contribution in [0.3, 0.4) is 0 Å². The maximum Gasteiger partial charge on any atom is 0.187 e. The van der Waals surface area contributed by atoms with E-state index < -0.39 is 224 Å². The van der Waals surface area contributed by atoms with Crippen molar-refractivity contribution in [3.8, 4) is 0 Å². The molecule has 31 heteroatoms. The Morgan fingerprint density at radius 2 is 0.529 bits per heavy atom. The largest absolute Gasteiger partial charge is 0.394 e. The predicted octanol–water partition coefficient (Wildman–Crippen LogP) is -13.4. The summed E-state index contributed by atoms with van der Waals surface area (Å²) in [5.41, 5.74) is 0. The molecule has 30 atom stereocenters. The zero-order valence-corrected chi connectivity index (χ0v) is 36.0. The molecule has 6 aliphatic heterocycles. The smallest absolute Gasteiger partial charge is 0.187 e. The van der Waals surface area contributed by atoms with Crippen molar-refractivity contribution < 1.29 is 154 Å². The van der Waals surface area contributed by atoms with Crippen LogP contribution in [0.2, 0.25) is 0 Å². The van der Waals surface area contributed by atoms with E-state index in [2.05, 4.69) is 0 Å². The third kappa shape index (κ3) is 11.7. The highest BCUT2D eigenvalue weighted by Crippen LogP contribution is 2.34. The highest BCUT2D eigenvalue weighted by Gasteiger charge is 2.55. The lowest BCUT2D eigenvalue weighted by molar-refractivity contribution is -0.386. The first kappa shape index (κ1) is 56.1. The van der Waals surface area contributed by atoms with Crippen molar-refractivity contribution in [3.05, 3.63) is 0 Å². The first-order chi connectivity index (χ1) is 32.2. The van der Waals surface area contributed by atoms with Crippen LogP contribution in [-0.4, -0.2) is 328 Å². The minimum absolute atomic E-state index is 0.763. The van der Waals surface area contributed by atoms with Crippen LogP contribution < -0.4 is 0 Å². The molecule has 398 valence electrons. The average Bonchev–Trinajstić information content (AvgIpc) is 3.33. The topological polar surface area (TPSA) is 495 Å². The first-order valence-corrected chi connectivity index (χ1v) is 21.5. The minimum atomic E-state index is -2.15. The maximum absolute atomic E-state index is 11.5. The Bertz CT molecular complexity index is 1520. The van der Waals surface area contributed by atoms with E-state index in [1.54, 1.807) is 0 Å². The average molecular weight is 1000 g/mol. The normalized spacial score (nSPS) is 52.8. The Hall–Kier alpha value is -1.24. The van der Waals surface area contributed by atoms with Gasteiger partial charge in [-0.15, -0.1) is 0 Å². The monoisotopic (exact) mass is 1000 g/mol. The second-order valence-corrected chi connectivity index (χ2v) is 17.1. The van der Waals surface area contributed by atoms with Crippen molar-refractivity contribution in [1.82, 2.24) is 0 Å². The Kier molecular flexibility index (Phi) is 19.9. The van der Waals surface area contributed by atoms with Gasteiger partial charge in [0.25, 0.3) is 0 Å². The molecule has 0 saturated carbocycles. The fourth-order valence-corrected chi connectivity index (χ4v) is 8.34. The number of rotatable bonds is 17. The number of methoxy groups -OCH3 is 1. The Morgan fingerprint density at radius 3 is 0.868 bits per heavy atom. The van der Waals surface area contributed by atoms with Gasteiger partial charge in [0.2, 0.25) is 0 Å². The summed E-state index contributed by atoms with van der Waals surface area (Å²) in [5, 5.41) is 200. The van der Waals surface area contributed by atoms with E-state index in [9.17, 15) is 97.0 Å². The van der Waals surface area contributed by atoms with Crippen molar-refractivity contribution in [3.63, 3.8) is 0 Å². The summed E-state index contributed by atoms with van der Waals surface area (Å²) in [7, 11) is 1.12. The summed E-state index contributed by atoms with van der Waals surface area (Å²) in [6, 6.07) is 0. The lowest BCUT2D eigenvalue weighted by Gasteiger charge is -2.48. The summed E-state index contributed by atoms with van der Waals surface area (Å²) in [4.78, 5) is 0. The molecule has 0 aromatic heterocycles. The van der Waals surface area contributed by atoms with Crippen LogP contribution in [0.15, 0.2) is 0 Å². The number of aliphatic hydroxyl groups excluding tert-OH is 19. The molecule has 19 N–H and O–H groups in total. The molecule has 0 spiro atoms. The maximum atomic E-state index is 11.5. The fraction of sp³-hybridized carbons (Fsp3) is 1.00. The molecule has 6 rings (SSSR count). The zero-order valence-electron chi connectivity index (χ0n) is 36.0.